The van der Waals surface area contributed by atoms with E-state index >= 15 is 0 Å². The number of hydrogen-bond donors (Lipinski definition) is 0. The van der Waals surface area contributed by atoms with Crippen molar-refractivity contribution in [1.82, 2.24) is 0 Å². The minimum Gasteiger partial charge on any atom is -0.373 e. The van der Waals surface area contributed by atoms with Gasteiger partial charge in [-0.25, -0.2) is 4.39 Å². The van der Waals surface area contributed by atoms with Crippen molar-refractivity contribution in [1.29, 1.82) is 0 Å². The van der Waals surface area contributed by atoms with Gasteiger partial charge < -0.3 is 4.74 Å². The van der Waals surface area contributed by atoms with Crippen LogP contribution in [-0.4, -0.2) is 18.9 Å². The molecule has 1 aliphatic heterocycles. The fraction of sp³-hybridized carbons (Fsp3) is 0.667. The maximum Gasteiger partial charge on any atom is 0.121 e. The highest BCUT2D eigenvalue weighted by atomic mass is 19.1. The Morgan fingerprint density at radius 2 is 2.62 bits per heavy atom. The molecule has 0 bridgehead atoms. The van der Waals surface area contributed by atoms with Gasteiger partial charge in [0.15, 0.2) is 0 Å². The quantitative estimate of drug-likeness (QED) is 0.400. The number of allylic oxidation sites excluding steroid dienone is 1. The summed E-state index contributed by atoms with van der Waals surface area (Å²) in [6.07, 6.45) is 1.11. The molecular weight excluding hydrogens is 107 g/mol. The first kappa shape index (κ1) is 5.76. The van der Waals surface area contributed by atoms with Gasteiger partial charge in [-0.2, -0.15) is 0 Å². The van der Waals surface area contributed by atoms with Crippen LogP contribution in [0.15, 0.2) is 12.7 Å². The van der Waals surface area contributed by atoms with Crippen molar-refractivity contribution in [2.75, 3.05) is 6.61 Å². The van der Waals surface area contributed by atoms with Gasteiger partial charge in [0.25, 0.3) is 0 Å². The first-order valence-electron chi connectivity index (χ1n) is 2.71. The molecule has 1 rings (SSSR count). The number of hydrogen-bond acceptors (Lipinski definition) is 1. The van der Waals surface area contributed by atoms with Crippen LogP contribution in [0.2, 0.25) is 0 Å². The van der Waals surface area contributed by atoms with Gasteiger partial charge in [0.05, 0.1) is 12.7 Å². The molecule has 0 saturated carbocycles. The van der Waals surface area contributed by atoms with E-state index in [0.29, 0.717) is 6.42 Å². The zero-order chi connectivity index (χ0) is 5.98. The van der Waals surface area contributed by atoms with Crippen molar-refractivity contribution in [3.05, 3.63) is 12.7 Å². The van der Waals surface area contributed by atoms with E-state index < -0.39 is 6.17 Å². The van der Waals surface area contributed by atoms with Crippen LogP contribution in [0.25, 0.3) is 0 Å². The second kappa shape index (κ2) is 2.27. The Hall–Kier alpha value is -0.370. The van der Waals surface area contributed by atoms with E-state index in [9.17, 15) is 4.39 Å². The molecule has 0 radical (unpaired) electrons. The lowest BCUT2D eigenvalue weighted by Gasteiger charge is -1.94. The van der Waals surface area contributed by atoms with Gasteiger partial charge in [-0.05, 0) is 0 Å². The van der Waals surface area contributed by atoms with E-state index in [1.165, 1.54) is 6.08 Å². The highest BCUT2D eigenvalue weighted by molar-refractivity contribution is 4.84. The molecule has 2 atom stereocenters. The molecule has 8 heavy (non-hydrogen) atoms. The van der Waals surface area contributed by atoms with Crippen molar-refractivity contribution >= 4 is 0 Å². The molecule has 0 spiro atoms. The highest BCUT2D eigenvalue weighted by Crippen LogP contribution is 2.17. The zero-order valence-corrected chi connectivity index (χ0v) is 4.64. The van der Waals surface area contributed by atoms with E-state index in [1.807, 2.05) is 0 Å². The zero-order valence-electron chi connectivity index (χ0n) is 4.64. The SMILES string of the molecule is C=CC(F)CC1CO1. The van der Waals surface area contributed by atoms with Gasteiger partial charge in [0, 0.05) is 6.42 Å². The first-order valence-corrected chi connectivity index (χ1v) is 2.71. The summed E-state index contributed by atoms with van der Waals surface area (Å²) in [7, 11) is 0. The minimum absolute atomic E-state index is 0.183. The second-order valence-electron chi connectivity index (χ2n) is 1.94. The Kier molecular flexibility index (Phi) is 1.63. The normalized spacial score (nSPS) is 29.4. The predicted molar refractivity (Wildman–Crippen MR) is 29.4 cm³/mol. The molecule has 0 aliphatic carbocycles. The van der Waals surface area contributed by atoms with Crippen molar-refractivity contribution in [3.63, 3.8) is 0 Å². The molecule has 0 aromatic heterocycles. The highest BCUT2D eigenvalue weighted by Gasteiger charge is 2.24. The van der Waals surface area contributed by atoms with E-state index in [4.69, 9.17) is 4.74 Å². The van der Waals surface area contributed by atoms with Gasteiger partial charge in [-0.3, -0.25) is 0 Å². The number of epoxide rings is 1. The van der Waals surface area contributed by atoms with Crippen molar-refractivity contribution < 1.29 is 9.13 Å². The lowest BCUT2D eigenvalue weighted by Crippen LogP contribution is -1.98. The van der Waals surface area contributed by atoms with Crippen LogP contribution >= 0.6 is 0 Å². The number of alkyl halides is 1. The fourth-order valence-corrected chi connectivity index (χ4v) is 0.551. The summed E-state index contributed by atoms with van der Waals surface area (Å²) >= 11 is 0. The molecule has 0 aromatic carbocycles. The van der Waals surface area contributed by atoms with Gasteiger partial charge in [-0.1, -0.05) is 6.08 Å². The Labute approximate surface area is 48.1 Å². The second-order valence-corrected chi connectivity index (χ2v) is 1.94. The predicted octanol–water partition coefficient (Wildman–Crippen LogP) is 1.30. The summed E-state index contributed by atoms with van der Waals surface area (Å²) in [4.78, 5) is 0. The fourth-order valence-electron chi connectivity index (χ4n) is 0.551. The molecule has 0 amide bonds. The summed E-state index contributed by atoms with van der Waals surface area (Å²) in [6, 6.07) is 0. The largest absolute Gasteiger partial charge is 0.373 e. The van der Waals surface area contributed by atoms with Crippen LogP contribution in [0.4, 0.5) is 4.39 Å². The number of ether oxygens (including phenoxy) is 1. The van der Waals surface area contributed by atoms with Crippen LogP contribution in [-0.2, 0) is 4.74 Å². The van der Waals surface area contributed by atoms with Crippen molar-refractivity contribution in [2.24, 2.45) is 0 Å². The smallest absolute Gasteiger partial charge is 0.121 e. The monoisotopic (exact) mass is 116 g/mol. The molecule has 2 unspecified atom stereocenters. The van der Waals surface area contributed by atoms with Crippen LogP contribution < -0.4 is 0 Å². The first-order chi connectivity index (χ1) is 3.83. The van der Waals surface area contributed by atoms with E-state index in [-0.39, 0.29) is 6.10 Å². The summed E-state index contributed by atoms with van der Waals surface area (Å²) < 4.78 is 17.0. The molecular formula is C6H9FO. The maximum absolute atomic E-state index is 12.2. The molecule has 1 aliphatic rings. The van der Waals surface area contributed by atoms with Gasteiger partial charge >= 0.3 is 0 Å². The lowest BCUT2D eigenvalue weighted by molar-refractivity contribution is 0.318. The molecule has 1 saturated heterocycles. The molecule has 0 aromatic rings. The molecule has 0 N–H and O–H groups in total. The number of halogens is 1. The third-order valence-electron chi connectivity index (χ3n) is 1.15. The summed E-state index contributed by atoms with van der Waals surface area (Å²) in [6.45, 7) is 4.04. The third-order valence-corrected chi connectivity index (χ3v) is 1.15. The Balaban J connectivity index is 2.06. The molecule has 1 fully saturated rings. The average Bonchev–Trinajstić information content (AvgIpc) is 2.50. The maximum atomic E-state index is 12.2. The van der Waals surface area contributed by atoms with E-state index in [2.05, 4.69) is 6.58 Å². The topological polar surface area (TPSA) is 12.5 Å². The standard InChI is InChI=1S/C6H9FO/c1-2-5(7)3-6-4-8-6/h2,5-6H,1,3-4H2. The van der Waals surface area contributed by atoms with Gasteiger partial charge in [0.1, 0.15) is 6.17 Å². The van der Waals surface area contributed by atoms with Crippen molar-refractivity contribution in [3.8, 4) is 0 Å². The Morgan fingerprint density at radius 3 is 3.00 bits per heavy atom. The van der Waals surface area contributed by atoms with Crippen LogP contribution in [0.1, 0.15) is 6.42 Å². The van der Waals surface area contributed by atoms with E-state index in [1.54, 1.807) is 0 Å². The number of rotatable bonds is 3. The minimum atomic E-state index is -0.873. The third kappa shape index (κ3) is 1.62. The molecule has 1 heterocycles. The average molecular weight is 116 g/mol. The van der Waals surface area contributed by atoms with Crippen LogP contribution in [0.3, 0.4) is 0 Å². The van der Waals surface area contributed by atoms with Crippen LogP contribution in [0, 0.1) is 0 Å². The summed E-state index contributed by atoms with van der Waals surface area (Å²) in [5.74, 6) is 0. The lowest BCUT2D eigenvalue weighted by atomic mass is 10.2. The van der Waals surface area contributed by atoms with Gasteiger partial charge in [0.2, 0.25) is 0 Å². The van der Waals surface area contributed by atoms with E-state index in [0.717, 1.165) is 6.61 Å². The van der Waals surface area contributed by atoms with Crippen molar-refractivity contribution in [2.45, 2.75) is 18.7 Å². The summed E-state index contributed by atoms with van der Waals surface area (Å²) in [5, 5.41) is 0. The molecule has 2 heteroatoms. The Morgan fingerprint density at radius 1 is 2.00 bits per heavy atom. The Bertz CT molecular complexity index is 88.5. The molecule has 1 nitrogen and oxygen atoms in total. The summed E-state index contributed by atoms with van der Waals surface area (Å²) in [5.41, 5.74) is 0. The molecule has 46 valence electrons. The van der Waals surface area contributed by atoms with Gasteiger partial charge in [-0.15, -0.1) is 6.58 Å². The van der Waals surface area contributed by atoms with Crippen LogP contribution in [0.5, 0.6) is 0 Å².